The number of hydrogen-bond acceptors (Lipinski definition) is 4. The summed E-state index contributed by atoms with van der Waals surface area (Å²) < 4.78 is 20.3. The van der Waals surface area contributed by atoms with Crippen LogP contribution in [0.4, 0.5) is 0 Å². The van der Waals surface area contributed by atoms with Gasteiger partial charge in [-0.05, 0) is 49.4 Å². The summed E-state index contributed by atoms with van der Waals surface area (Å²) in [5, 5.41) is 2.40. The van der Waals surface area contributed by atoms with Crippen molar-refractivity contribution in [1.82, 2.24) is 4.57 Å². The molecule has 0 fully saturated rings. The van der Waals surface area contributed by atoms with Crippen molar-refractivity contribution in [2.75, 3.05) is 7.11 Å². The van der Waals surface area contributed by atoms with E-state index in [4.69, 9.17) is 18.9 Å². The van der Waals surface area contributed by atoms with Gasteiger partial charge < -0.3 is 18.6 Å². The number of allylic oxidation sites excluding steroid dienone is 4. The van der Waals surface area contributed by atoms with Gasteiger partial charge >= 0.3 is 7.25 Å². The van der Waals surface area contributed by atoms with Crippen molar-refractivity contribution in [2.24, 2.45) is 4.90 Å². The van der Waals surface area contributed by atoms with Gasteiger partial charge in [0.15, 0.2) is 5.75 Å². The number of hydrogen-bond donors (Lipinski definition) is 0. The highest BCUT2D eigenvalue weighted by Gasteiger charge is 2.32. The molecule has 1 aliphatic heterocycles. The second-order valence-electron chi connectivity index (χ2n) is 8.64. The zero-order chi connectivity index (χ0) is 25.2. The SMILES string of the molecule is C/C=C\C=C/C1=NB(Oc2cc(-n3c4ccccc4c4ccccc43)ccc2OC)Oc2ccccc21. The largest absolute Gasteiger partial charge is 0.758 e. The average Bonchev–Trinajstić information content (AvgIpc) is 3.28. The number of nitrogens with zero attached hydrogens (tertiary/aromatic N) is 2. The van der Waals surface area contributed by atoms with Gasteiger partial charge in [-0.1, -0.05) is 66.8 Å². The number of para-hydroxylation sites is 3. The maximum Gasteiger partial charge on any atom is 0.758 e. The summed E-state index contributed by atoms with van der Waals surface area (Å²) in [5.41, 5.74) is 4.92. The van der Waals surface area contributed by atoms with Gasteiger partial charge in [0.05, 0.1) is 29.5 Å². The minimum atomic E-state index is -0.859. The zero-order valence-electron chi connectivity index (χ0n) is 20.7. The van der Waals surface area contributed by atoms with Crippen molar-refractivity contribution in [3.05, 3.63) is 121 Å². The lowest BCUT2D eigenvalue weighted by molar-refractivity contribution is 0.371. The standard InChI is InChI=1S/C31H25BN2O3/c1-3-4-5-15-26-25-14-8-11-18-29(25)36-32(33-26)37-31-21-22(19-20-30(31)35-2)34-27-16-9-6-12-23(27)24-13-7-10-17-28(24)34/h3-21H,1-2H3/b4-3-,15-5-. The highest BCUT2D eigenvalue weighted by Crippen LogP contribution is 2.36. The van der Waals surface area contributed by atoms with Crippen LogP contribution in [0.3, 0.4) is 0 Å². The monoisotopic (exact) mass is 484 g/mol. The van der Waals surface area contributed by atoms with E-state index in [1.54, 1.807) is 7.11 Å². The fraction of sp³-hybridized carbons (Fsp3) is 0.0645. The Morgan fingerprint density at radius 2 is 1.51 bits per heavy atom. The van der Waals surface area contributed by atoms with Crippen molar-refractivity contribution in [3.63, 3.8) is 0 Å². The summed E-state index contributed by atoms with van der Waals surface area (Å²) in [5.74, 6) is 1.88. The van der Waals surface area contributed by atoms with Crippen LogP contribution in [0.5, 0.6) is 17.2 Å². The van der Waals surface area contributed by atoms with E-state index in [2.05, 4.69) is 53.1 Å². The van der Waals surface area contributed by atoms with E-state index in [1.165, 1.54) is 10.8 Å². The fourth-order valence-electron chi connectivity index (χ4n) is 4.75. The minimum Gasteiger partial charge on any atom is -0.505 e. The molecule has 0 bridgehead atoms. The van der Waals surface area contributed by atoms with Gasteiger partial charge in [0.2, 0.25) is 0 Å². The second-order valence-corrected chi connectivity index (χ2v) is 8.64. The summed E-state index contributed by atoms with van der Waals surface area (Å²) in [6.45, 7) is 1.98. The summed E-state index contributed by atoms with van der Waals surface area (Å²) in [7, 11) is 0.774. The highest BCUT2D eigenvalue weighted by atomic mass is 16.6. The number of aromatic nitrogens is 1. The molecule has 0 spiro atoms. The molecule has 0 amide bonds. The van der Waals surface area contributed by atoms with Gasteiger partial charge in [-0.15, -0.1) is 0 Å². The predicted molar refractivity (Wildman–Crippen MR) is 151 cm³/mol. The van der Waals surface area contributed by atoms with Gasteiger partial charge in [-0.25, -0.2) is 0 Å². The molecule has 180 valence electrons. The van der Waals surface area contributed by atoms with Crippen LogP contribution in [0.15, 0.2) is 120 Å². The van der Waals surface area contributed by atoms with E-state index in [9.17, 15) is 0 Å². The Kier molecular flexibility index (Phi) is 5.99. The van der Waals surface area contributed by atoms with E-state index in [0.29, 0.717) is 11.5 Å². The quantitative estimate of drug-likeness (QED) is 0.190. The van der Waals surface area contributed by atoms with E-state index in [0.717, 1.165) is 33.7 Å². The Morgan fingerprint density at radius 3 is 2.24 bits per heavy atom. The summed E-state index contributed by atoms with van der Waals surface area (Å²) in [6.07, 6.45) is 7.86. The molecule has 0 radical (unpaired) electrons. The molecule has 5 nitrogen and oxygen atoms in total. The smallest absolute Gasteiger partial charge is 0.505 e. The molecule has 0 aliphatic carbocycles. The Bertz CT molecular complexity index is 1650. The molecule has 37 heavy (non-hydrogen) atoms. The van der Waals surface area contributed by atoms with Gasteiger partial charge in [-0.3, -0.25) is 4.90 Å². The van der Waals surface area contributed by atoms with E-state index in [1.807, 2.05) is 73.7 Å². The van der Waals surface area contributed by atoms with Crippen LogP contribution < -0.4 is 14.0 Å². The van der Waals surface area contributed by atoms with Crippen LogP contribution in [-0.2, 0) is 0 Å². The van der Waals surface area contributed by atoms with Crippen LogP contribution in [0.1, 0.15) is 12.5 Å². The van der Waals surface area contributed by atoms with Crippen LogP contribution in [-0.4, -0.2) is 24.6 Å². The molecule has 0 saturated carbocycles. The van der Waals surface area contributed by atoms with E-state index in [-0.39, 0.29) is 0 Å². The van der Waals surface area contributed by atoms with Gasteiger partial charge in [-0.2, -0.15) is 0 Å². The summed E-state index contributed by atoms with van der Waals surface area (Å²) in [4.78, 5) is 4.75. The molecule has 0 saturated heterocycles. The van der Waals surface area contributed by atoms with Crippen molar-refractivity contribution < 1.29 is 14.0 Å². The first kappa shape index (κ1) is 22.7. The normalized spacial score (nSPS) is 13.2. The van der Waals surface area contributed by atoms with Crippen molar-refractivity contribution >= 4 is 34.8 Å². The van der Waals surface area contributed by atoms with Crippen LogP contribution in [0.2, 0.25) is 0 Å². The Balaban J connectivity index is 1.43. The van der Waals surface area contributed by atoms with Crippen molar-refractivity contribution in [1.29, 1.82) is 0 Å². The Morgan fingerprint density at radius 1 is 0.811 bits per heavy atom. The molecule has 1 aromatic heterocycles. The first-order valence-electron chi connectivity index (χ1n) is 12.2. The fourth-order valence-corrected chi connectivity index (χ4v) is 4.75. The lowest BCUT2D eigenvalue weighted by Gasteiger charge is -2.22. The minimum absolute atomic E-state index is 0.548. The van der Waals surface area contributed by atoms with Gasteiger partial charge in [0.1, 0.15) is 11.5 Å². The number of methoxy groups -OCH3 is 1. The molecule has 1 aliphatic rings. The Hall–Kier alpha value is -4.71. The first-order valence-corrected chi connectivity index (χ1v) is 12.2. The van der Waals surface area contributed by atoms with Crippen LogP contribution in [0.25, 0.3) is 27.5 Å². The molecule has 4 aromatic carbocycles. The summed E-state index contributed by atoms with van der Waals surface area (Å²) >= 11 is 0. The molecule has 0 unspecified atom stereocenters. The molecule has 2 heterocycles. The molecule has 6 rings (SSSR count). The number of ether oxygens (including phenoxy) is 1. The molecular weight excluding hydrogens is 459 g/mol. The number of benzene rings is 4. The number of fused-ring (bicyclic) bond motifs is 4. The molecule has 0 atom stereocenters. The zero-order valence-corrected chi connectivity index (χ0v) is 20.7. The second kappa shape index (κ2) is 9.74. The number of rotatable bonds is 6. The molecule has 5 aromatic rings. The Labute approximate surface area is 216 Å². The van der Waals surface area contributed by atoms with Crippen LogP contribution in [0, 0.1) is 0 Å². The maximum atomic E-state index is 6.33. The van der Waals surface area contributed by atoms with Gasteiger partial charge in [0, 0.05) is 22.4 Å². The molecular formula is C31H25BN2O3. The van der Waals surface area contributed by atoms with Crippen molar-refractivity contribution in [3.8, 4) is 22.9 Å². The van der Waals surface area contributed by atoms with Gasteiger partial charge in [0.25, 0.3) is 0 Å². The lowest BCUT2D eigenvalue weighted by atomic mass is 9.99. The third-order valence-corrected chi connectivity index (χ3v) is 6.41. The van der Waals surface area contributed by atoms with E-state index < -0.39 is 7.25 Å². The van der Waals surface area contributed by atoms with E-state index >= 15 is 0 Å². The lowest BCUT2D eigenvalue weighted by Crippen LogP contribution is -2.33. The third kappa shape index (κ3) is 4.17. The van der Waals surface area contributed by atoms with Crippen LogP contribution >= 0.6 is 0 Å². The first-order chi connectivity index (χ1) is 18.3. The predicted octanol–water partition coefficient (Wildman–Crippen LogP) is 7.17. The third-order valence-electron chi connectivity index (χ3n) is 6.41. The highest BCUT2D eigenvalue weighted by molar-refractivity contribution is 6.49. The maximum absolute atomic E-state index is 6.33. The topological polar surface area (TPSA) is 45.0 Å². The molecule has 6 heteroatoms. The molecule has 0 N–H and O–H groups in total. The van der Waals surface area contributed by atoms with Crippen molar-refractivity contribution in [2.45, 2.75) is 6.92 Å². The summed E-state index contributed by atoms with van der Waals surface area (Å²) in [6, 6.07) is 30.6. The average molecular weight is 484 g/mol.